The molecule has 1 aliphatic heterocycles. The van der Waals surface area contributed by atoms with Gasteiger partial charge < -0.3 is 21.3 Å². The third-order valence-corrected chi connectivity index (χ3v) is 8.06. The molecule has 5 N–H and O–H groups in total. The predicted molar refractivity (Wildman–Crippen MR) is 144 cm³/mol. The highest BCUT2D eigenvalue weighted by Crippen LogP contribution is 2.39. The zero-order valence-electron chi connectivity index (χ0n) is 21.8. The Morgan fingerprint density at radius 2 is 2.05 bits per heavy atom. The number of piperidine rings is 1. The van der Waals surface area contributed by atoms with Crippen LogP contribution in [0, 0.1) is 24.2 Å². The van der Waals surface area contributed by atoms with Crippen LogP contribution in [-0.4, -0.2) is 56.3 Å². The van der Waals surface area contributed by atoms with Crippen LogP contribution >= 0.6 is 0 Å². The number of aromatic nitrogens is 2. The summed E-state index contributed by atoms with van der Waals surface area (Å²) in [5.41, 5.74) is 7.61. The molecule has 3 unspecified atom stereocenters. The quantitative estimate of drug-likeness (QED) is 0.308. The smallest absolute Gasteiger partial charge is 0.254 e. The number of nitrogens with one attached hydrogen (secondary N) is 1. The van der Waals surface area contributed by atoms with Gasteiger partial charge in [0.1, 0.15) is 29.3 Å². The maximum absolute atomic E-state index is 16.0. The van der Waals surface area contributed by atoms with Crippen molar-refractivity contribution in [3.05, 3.63) is 65.4 Å². The van der Waals surface area contributed by atoms with Crippen LogP contribution in [0.2, 0.25) is 0 Å². The lowest BCUT2D eigenvalue weighted by molar-refractivity contribution is 0.00681. The average Bonchev–Trinajstić information content (AvgIpc) is 3.69. The molecule has 0 bridgehead atoms. The maximum Gasteiger partial charge on any atom is 0.254 e. The second-order valence-corrected chi connectivity index (χ2v) is 10.6. The molecule has 5 rings (SSSR count). The lowest BCUT2D eigenvalue weighted by Crippen LogP contribution is -2.54. The van der Waals surface area contributed by atoms with Gasteiger partial charge in [0.05, 0.1) is 12.5 Å². The fourth-order valence-corrected chi connectivity index (χ4v) is 5.38. The number of nitrogens with two attached hydrogens (primary N) is 1. The molecule has 2 fully saturated rings. The number of likely N-dealkylation sites (tertiary alicyclic amines) is 1. The fourth-order valence-electron chi connectivity index (χ4n) is 5.38. The Hall–Kier alpha value is -3.94. The van der Waals surface area contributed by atoms with Gasteiger partial charge in [0.2, 0.25) is 0 Å². The predicted octanol–water partition coefficient (Wildman–Crippen LogP) is 3.66. The molecule has 39 heavy (non-hydrogen) atoms. The van der Waals surface area contributed by atoms with Crippen molar-refractivity contribution in [1.29, 1.82) is 5.26 Å². The first-order chi connectivity index (χ1) is 18.7. The highest BCUT2D eigenvalue weighted by Gasteiger charge is 2.47. The molecule has 0 spiro atoms. The Morgan fingerprint density at radius 3 is 2.69 bits per heavy atom. The molecule has 2 heterocycles. The molecule has 1 saturated heterocycles. The van der Waals surface area contributed by atoms with Crippen LogP contribution in [0.5, 0.6) is 5.75 Å². The summed E-state index contributed by atoms with van der Waals surface area (Å²) in [6.45, 7) is 2.81. The largest absolute Gasteiger partial charge is 0.507 e. The number of carbonyl (C=O) groups is 1. The number of nitrogens with zero attached hydrogens (tertiary/aromatic N) is 4. The summed E-state index contributed by atoms with van der Waals surface area (Å²) in [6.07, 6.45) is 0.910. The normalized spacial score (nSPS) is 22.3. The van der Waals surface area contributed by atoms with Gasteiger partial charge in [-0.1, -0.05) is 42.5 Å². The van der Waals surface area contributed by atoms with Gasteiger partial charge in [-0.2, -0.15) is 10.4 Å². The van der Waals surface area contributed by atoms with Crippen molar-refractivity contribution >= 4 is 11.7 Å². The Bertz CT molecular complexity index is 1400. The SMILES string of the molecule is Cc1c(CN2CCC(CC#N)(n3cc(C(N)=O)c(NC(O)C4CC4)n3)C(F)C2)ccc(-c2ccccc2)c1O. The summed E-state index contributed by atoms with van der Waals surface area (Å²) < 4.78 is 17.4. The molecule has 3 aromatic rings. The highest BCUT2D eigenvalue weighted by atomic mass is 19.1. The third kappa shape index (κ3) is 5.20. The van der Waals surface area contributed by atoms with Crippen molar-refractivity contribution in [3.63, 3.8) is 0 Å². The molecular formula is C29H33FN6O3. The van der Waals surface area contributed by atoms with Crippen molar-refractivity contribution in [2.75, 3.05) is 18.4 Å². The van der Waals surface area contributed by atoms with E-state index in [4.69, 9.17) is 5.73 Å². The topological polar surface area (TPSA) is 140 Å². The van der Waals surface area contributed by atoms with Gasteiger partial charge in [-0.3, -0.25) is 14.4 Å². The molecular weight excluding hydrogens is 499 g/mol. The molecule has 2 aliphatic rings. The number of alkyl halides is 1. The number of aliphatic hydroxyl groups excluding tert-OH is 1. The van der Waals surface area contributed by atoms with Crippen molar-refractivity contribution in [1.82, 2.24) is 14.7 Å². The Labute approximate surface area is 226 Å². The summed E-state index contributed by atoms with van der Waals surface area (Å²) in [7, 11) is 0. The average molecular weight is 533 g/mol. The van der Waals surface area contributed by atoms with Crippen LogP contribution in [0.15, 0.2) is 48.7 Å². The number of halogens is 1. The number of hydrogen-bond acceptors (Lipinski definition) is 7. The molecule has 2 aromatic carbocycles. The number of aliphatic hydroxyl groups is 1. The van der Waals surface area contributed by atoms with Gasteiger partial charge in [0, 0.05) is 37.3 Å². The van der Waals surface area contributed by atoms with E-state index in [1.165, 1.54) is 10.9 Å². The molecule has 1 aromatic heterocycles. The number of primary amides is 1. The second kappa shape index (κ2) is 10.7. The summed E-state index contributed by atoms with van der Waals surface area (Å²) in [5, 5.41) is 38.1. The maximum atomic E-state index is 16.0. The zero-order chi connectivity index (χ0) is 27.7. The molecule has 1 saturated carbocycles. The number of aromatic hydroxyl groups is 1. The van der Waals surface area contributed by atoms with Gasteiger partial charge in [-0.05, 0) is 42.9 Å². The molecule has 204 valence electrons. The molecule has 10 heteroatoms. The first-order valence-corrected chi connectivity index (χ1v) is 13.2. The highest BCUT2D eigenvalue weighted by molar-refractivity contribution is 5.97. The van der Waals surface area contributed by atoms with Crippen molar-refractivity contribution in [2.45, 2.75) is 57.1 Å². The van der Waals surface area contributed by atoms with Crippen LogP contribution in [0.4, 0.5) is 10.2 Å². The number of amides is 1. The summed E-state index contributed by atoms with van der Waals surface area (Å²) in [4.78, 5) is 14.1. The minimum absolute atomic E-state index is 0.0432. The summed E-state index contributed by atoms with van der Waals surface area (Å²) in [6, 6.07) is 15.6. The number of phenols is 1. The van der Waals surface area contributed by atoms with E-state index in [1.807, 2.05) is 54.3 Å². The van der Waals surface area contributed by atoms with Crippen LogP contribution in [-0.2, 0) is 12.1 Å². The molecule has 3 atom stereocenters. The first kappa shape index (κ1) is 26.7. The molecule has 1 amide bonds. The minimum atomic E-state index is -1.47. The van der Waals surface area contributed by atoms with Gasteiger partial charge in [-0.25, -0.2) is 4.39 Å². The van der Waals surface area contributed by atoms with Crippen LogP contribution in [0.25, 0.3) is 11.1 Å². The second-order valence-electron chi connectivity index (χ2n) is 10.6. The third-order valence-electron chi connectivity index (χ3n) is 8.06. The van der Waals surface area contributed by atoms with Crippen molar-refractivity contribution in [2.24, 2.45) is 11.7 Å². The van der Waals surface area contributed by atoms with Crippen LogP contribution in [0.3, 0.4) is 0 Å². The minimum Gasteiger partial charge on any atom is -0.507 e. The monoisotopic (exact) mass is 532 g/mol. The van der Waals surface area contributed by atoms with E-state index >= 15 is 4.39 Å². The van der Waals surface area contributed by atoms with Crippen LogP contribution in [0.1, 0.15) is 47.2 Å². The van der Waals surface area contributed by atoms with E-state index in [9.17, 15) is 20.3 Å². The first-order valence-electron chi connectivity index (χ1n) is 13.2. The zero-order valence-corrected chi connectivity index (χ0v) is 21.8. The van der Waals surface area contributed by atoms with E-state index in [0.29, 0.717) is 13.1 Å². The fraction of sp³-hybridized carbons (Fsp3) is 0.414. The molecule has 1 aliphatic carbocycles. The van der Waals surface area contributed by atoms with Gasteiger partial charge in [0.25, 0.3) is 5.91 Å². The van der Waals surface area contributed by atoms with E-state index in [2.05, 4.69) is 16.5 Å². The van der Waals surface area contributed by atoms with Crippen molar-refractivity contribution in [3.8, 4) is 22.9 Å². The number of hydrogen-bond donors (Lipinski definition) is 4. The standard InChI is InChI=1S/C29H33FN6O3/c1-18-21(9-10-22(25(18)37)19-5-3-2-4-6-19)15-35-14-12-29(11-13-31,24(30)17-35)36-16-23(26(32)38)27(34-36)33-28(39)20-7-8-20/h2-6,9-10,16,20,24,28,37,39H,7-8,11-12,14-15,17H2,1H3,(H2,32,38)(H,33,34). The molecule has 9 nitrogen and oxygen atoms in total. The molecule has 0 radical (unpaired) electrons. The van der Waals surface area contributed by atoms with Gasteiger partial charge in [0.15, 0.2) is 5.82 Å². The number of nitriles is 1. The number of anilines is 1. The number of benzene rings is 2. The number of phenolic OH excluding ortho intramolecular Hbond substituents is 1. The van der Waals surface area contributed by atoms with Crippen LogP contribution < -0.4 is 11.1 Å². The Balaban J connectivity index is 1.36. The Morgan fingerprint density at radius 1 is 1.31 bits per heavy atom. The number of rotatable bonds is 9. The Kier molecular flexibility index (Phi) is 7.30. The summed E-state index contributed by atoms with van der Waals surface area (Å²) in [5.74, 6) is -0.375. The van der Waals surface area contributed by atoms with Crippen molar-refractivity contribution < 1.29 is 19.4 Å². The number of carbonyl (C=O) groups excluding carboxylic acids is 1. The van der Waals surface area contributed by atoms with Gasteiger partial charge >= 0.3 is 0 Å². The lowest BCUT2D eigenvalue weighted by Gasteiger charge is -2.43. The van der Waals surface area contributed by atoms with E-state index in [-0.39, 0.29) is 42.4 Å². The lowest BCUT2D eigenvalue weighted by atomic mass is 9.83. The summed E-state index contributed by atoms with van der Waals surface area (Å²) >= 11 is 0. The van der Waals surface area contributed by atoms with Gasteiger partial charge in [-0.15, -0.1) is 0 Å². The van der Waals surface area contributed by atoms with E-state index in [0.717, 1.165) is 35.1 Å². The van der Waals surface area contributed by atoms with E-state index in [1.54, 1.807) is 0 Å². The van der Waals surface area contributed by atoms with E-state index < -0.39 is 23.8 Å².